The fourth-order valence-electron chi connectivity index (χ4n) is 4.25. The van der Waals surface area contributed by atoms with Gasteiger partial charge in [0.2, 0.25) is 0 Å². The Kier molecular flexibility index (Phi) is 7.19. The number of aryl methyl sites for hydroxylation is 2. The topological polar surface area (TPSA) is 78.1 Å². The molecule has 1 aliphatic heterocycles. The normalized spacial score (nSPS) is 14.0. The molecule has 1 aromatic heterocycles. The number of anilines is 1. The molecule has 2 amide bonds. The Morgan fingerprint density at radius 3 is 2.50 bits per heavy atom. The number of hydrogen-bond donors (Lipinski definition) is 1. The maximum absolute atomic E-state index is 13.1. The van der Waals surface area contributed by atoms with E-state index in [4.69, 9.17) is 0 Å². The van der Waals surface area contributed by atoms with E-state index in [-0.39, 0.29) is 11.5 Å². The molecule has 0 saturated carbocycles. The minimum atomic E-state index is -0.512. The molecule has 6 heteroatoms. The van der Waals surface area contributed by atoms with E-state index in [9.17, 15) is 14.9 Å². The van der Waals surface area contributed by atoms with Crippen molar-refractivity contribution in [3.05, 3.63) is 57.9 Å². The lowest BCUT2D eigenvalue weighted by Crippen LogP contribution is -2.29. The van der Waals surface area contributed by atoms with Crippen LogP contribution in [0, 0.1) is 38.0 Å². The summed E-state index contributed by atoms with van der Waals surface area (Å²) in [6, 6.07) is 9.42. The maximum Gasteiger partial charge on any atom is 0.266 e. The fraction of sp³-hybridized carbons (Fsp3) is 0.423. The summed E-state index contributed by atoms with van der Waals surface area (Å²) in [5, 5.41) is 12.5. The molecule has 3 rings (SSSR count). The predicted octanol–water partition coefficient (Wildman–Crippen LogP) is 4.85. The number of hydrogen-bond acceptors (Lipinski definition) is 3. The molecule has 6 nitrogen and oxygen atoms in total. The average molecular weight is 433 g/mol. The van der Waals surface area contributed by atoms with Crippen molar-refractivity contribution in [3.63, 3.8) is 0 Å². The minimum Gasteiger partial charge on any atom is -0.348 e. The van der Waals surface area contributed by atoms with Crippen LogP contribution in [0.3, 0.4) is 0 Å². The first kappa shape index (κ1) is 23.3. The Balaban J connectivity index is 1.89. The number of carbonyl (C=O) groups is 2. The molecule has 0 aliphatic carbocycles. The van der Waals surface area contributed by atoms with E-state index in [2.05, 4.69) is 23.7 Å². The van der Waals surface area contributed by atoms with Crippen LogP contribution in [0.2, 0.25) is 0 Å². The number of carbonyl (C=O) groups excluding carboxylic acids is 2. The molecule has 0 spiro atoms. The molecule has 168 valence electrons. The molecule has 1 fully saturated rings. The van der Waals surface area contributed by atoms with Crippen molar-refractivity contribution in [2.45, 2.75) is 54.0 Å². The van der Waals surface area contributed by atoms with E-state index in [1.165, 1.54) is 0 Å². The van der Waals surface area contributed by atoms with Crippen LogP contribution in [-0.4, -0.2) is 34.4 Å². The Labute approximate surface area is 190 Å². The van der Waals surface area contributed by atoms with E-state index in [1.54, 1.807) is 18.2 Å². The SMILES string of the molecule is Cc1cccc(NC(=O)/C(C#N)=C/c2cc(C)n(CC(C)C)c2C)c1C(=O)N1CCCC1. The number of benzene rings is 1. The van der Waals surface area contributed by atoms with Crippen molar-refractivity contribution < 1.29 is 9.59 Å². The summed E-state index contributed by atoms with van der Waals surface area (Å²) in [6.45, 7) is 12.6. The molecular formula is C26H32N4O2. The lowest BCUT2D eigenvalue weighted by molar-refractivity contribution is -0.112. The third-order valence-electron chi connectivity index (χ3n) is 5.95. The summed E-state index contributed by atoms with van der Waals surface area (Å²) >= 11 is 0. The van der Waals surface area contributed by atoms with Crippen LogP contribution in [0.15, 0.2) is 29.8 Å². The molecule has 1 saturated heterocycles. The molecule has 0 bridgehead atoms. The summed E-state index contributed by atoms with van der Waals surface area (Å²) in [5.41, 5.74) is 4.73. The van der Waals surface area contributed by atoms with E-state index < -0.39 is 5.91 Å². The average Bonchev–Trinajstić information content (AvgIpc) is 3.36. The van der Waals surface area contributed by atoms with Gasteiger partial charge in [0.25, 0.3) is 11.8 Å². The predicted molar refractivity (Wildman–Crippen MR) is 127 cm³/mol. The smallest absolute Gasteiger partial charge is 0.266 e. The van der Waals surface area contributed by atoms with Gasteiger partial charge in [-0.15, -0.1) is 0 Å². The van der Waals surface area contributed by atoms with Crippen LogP contribution in [0.5, 0.6) is 0 Å². The van der Waals surface area contributed by atoms with Crippen molar-refractivity contribution in [1.82, 2.24) is 9.47 Å². The number of nitrogens with one attached hydrogen (secondary N) is 1. The fourth-order valence-corrected chi connectivity index (χ4v) is 4.25. The van der Waals surface area contributed by atoms with Crippen LogP contribution in [0.1, 0.15) is 59.6 Å². The number of amides is 2. The summed E-state index contributed by atoms with van der Waals surface area (Å²) in [5.74, 6) is -0.0962. The molecule has 2 aromatic rings. The Morgan fingerprint density at radius 1 is 1.19 bits per heavy atom. The third-order valence-corrected chi connectivity index (χ3v) is 5.95. The zero-order chi connectivity index (χ0) is 23.4. The standard InChI is InChI=1S/C26H32N4O2/c1-17(2)16-30-19(4)13-21(20(30)5)14-22(15-27)25(31)28-23-10-8-9-18(3)24(23)26(32)29-11-6-7-12-29/h8-10,13-14,17H,6-7,11-12,16H2,1-5H3,(H,28,31)/b22-14+. The number of aromatic nitrogens is 1. The van der Waals surface area contributed by atoms with Crippen molar-refractivity contribution in [2.24, 2.45) is 5.92 Å². The number of nitriles is 1. The highest BCUT2D eigenvalue weighted by Crippen LogP contribution is 2.25. The van der Waals surface area contributed by atoms with Crippen LogP contribution >= 0.6 is 0 Å². The largest absolute Gasteiger partial charge is 0.348 e. The monoisotopic (exact) mass is 432 g/mol. The summed E-state index contributed by atoms with van der Waals surface area (Å²) in [4.78, 5) is 27.9. The molecular weight excluding hydrogens is 400 g/mol. The van der Waals surface area contributed by atoms with Crippen molar-refractivity contribution in [3.8, 4) is 6.07 Å². The molecule has 1 aromatic carbocycles. The molecule has 1 N–H and O–H groups in total. The van der Waals surface area contributed by atoms with Crippen molar-refractivity contribution in [1.29, 1.82) is 5.26 Å². The van der Waals surface area contributed by atoms with Gasteiger partial charge in [0.05, 0.1) is 11.3 Å². The van der Waals surface area contributed by atoms with Crippen LogP contribution < -0.4 is 5.32 Å². The zero-order valence-corrected chi connectivity index (χ0v) is 19.7. The quantitative estimate of drug-likeness (QED) is 0.523. The van der Waals surface area contributed by atoms with Crippen LogP contribution in [-0.2, 0) is 11.3 Å². The second kappa shape index (κ2) is 9.86. The summed E-state index contributed by atoms with van der Waals surface area (Å²) in [6.07, 6.45) is 3.62. The summed E-state index contributed by atoms with van der Waals surface area (Å²) in [7, 11) is 0. The van der Waals surface area contributed by atoms with Gasteiger partial charge in [-0.2, -0.15) is 5.26 Å². The molecule has 32 heavy (non-hydrogen) atoms. The van der Waals surface area contributed by atoms with E-state index in [0.717, 1.165) is 55.0 Å². The number of likely N-dealkylation sites (tertiary alicyclic amines) is 1. The van der Waals surface area contributed by atoms with Gasteiger partial charge in [-0.3, -0.25) is 9.59 Å². The highest BCUT2D eigenvalue weighted by molar-refractivity contribution is 6.13. The van der Waals surface area contributed by atoms with Gasteiger partial charge >= 0.3 is 0 Å². The van der Waals surface area contributed by atoms with E-state index >= 15 is 0 Å². The second-order valence-electron chi connectivity index (χ2n) is 8.95. The molecule has 0 atom stereocenters. The molecule has 2 heterocycles. The van der Waals surface area contributed by atoms with Crippen molar-refractivity contribution >= 4 is 23.6 Å². The Bertz CT molecular complexity index is 1100. The second-order valence-corrected chi connectivity index (χ2v) is 8.95. The van der Waals surface area contributed by atoms with Crippen LogP contribution in [0.4, 0.5) is 5.69 Å². The first-order chi connectivity index (χ1) is 15.2. The van der Waals surface area contributed by atoms with Gasteiger partial charge in [0.15, 0.2) is 0 Å². The molecule has 0 radical (unpaired) electrons. The number of nitrogens with zero attached hydrogens (tertiary/aromatic N) is 3. The van der Waals surface area contributed by atoms with Gasteiger partial charge in [-0.05, 0) is 68.9 Å². The lowest BCUT2D eigenvalue weighted by atomic mass is 10.0. The van der Waals surface area contributed by atoms with E-state index in [1.807, 2.05) is 43.9 Å². The third kappa shape index (κ3) is 4.94. The van der Waals surface area contributed by atoms with Gasteiger partial charge in [-0.25, -0.2) is 0 Å². The molecule has 1 aliphatic rings. The molecule has 0 unspecified atom stereocenters. The Hall–Kier alpha value is -3.33. The van der Waals surface area contributed by atoms with Crippen molar-refractivity contribution in [2.75, 3.05) is 18.4 Å². The Morgan fingerprint density at radius 2 is 1.88 bits per heavy atom. The lowest BCUT2D eigenvalue weighted by Gasteiger charge is -2.19. The van der Waals surface area contributed by atoms with E-state index in [0.29, 0.717) is 17.2 Å². The van der Waals surface area contributed by atoms with Crippen LogP contribution in [0.25, 0.3) is 6.08 Å². The summed E-state index contributed by atoms with van der Waals surface area (Å²) < 4.78 is 2.21. The highest BCUT2D eigenvalue weighted by atomic mass is 16.2. The first-order valence-corrected chi connectivity index (χ1v) is 11.2. The van der Waals surface area contributed by atoms with Gasteiger partial charge in [0.1, 0.15) is 11.6 Å². The minimum absolute atomic E-state index is 0.0101. The maximum atomic E-state index is 13.1. The van der Waals surface area contributed by atoms with Gasteiger partial charge in [0, 0.05) is 31.0 Å². The van der Waals surface area contributed by atoms with Gasteiger partial charge < -0.3 is 14.8 Å². The highest BCUT2D eigenvalue weighted by Gasteiger charge is 2.24. The van der Waals surface area contributed by atoms with Gasteiger partial charge in [-0.1, -0.05) is 26.0 Å². The number of rotatable bonds is 6. The zero-order valence-electron chi connectivity index (χ0n) is 19.7. The first-order valence-electron chi connectivity index (χ1n) is 11.2.